The molecule has 0 amide bonds. The van der Waals surface area contributed by atoms with Crippen molar-refractivity contribution in [3.63, 3.8) is 0 Å². The van der Waals surface area contributed by atoms with Crippen molar-refractivity contribution in [2.45, 2.75) is 58.2 Å². The van der Waals surface area contributed by atoms with Crippen molar-refractivity contribution in [2.24, 2.45) is 5.92 Å². The molecule has 4 nitrogen and oxygen atoms in total. The van der Waals surface area contributed by atoms with E-state index in [1.165, 1.54) is 25.7 Å². The molecule has 0 aromatic carbocycles. The number of hydrogen-bond acceptors (Lipinski definition) is 4. The highest BCUT2D eigenvalue weighted by atomic mass is 15.3. The van der Waals surface area contributed by atoms with Crippen LogP contribution < -0.4 is 10.2 Å². The summed E-state index contributed by atoms with van der Waals surface area (Å²) in [6.07, 6.45) is 5.24. The monoisotopic (exact) mass is 260 g/mol. The minimum atomic E-state index is 0.665. The zero-order valence-electron chi connectivity index (χ0n) is 12.0. The lowest BCUT2D eigenvalue weighted by Gasteiger charge is -2.25. The topological polar surface area (TPSA) is 41.0 Å². The molecule has 2 aliphatic carbocycles. The van der Waals surface area contributed by atoms with Crippen molar-refractivity contribution in [3.05, 3.63) is 17.8 Å². The fourth-order valence-electron chi connectivity index (χ4n) is 2.35. The van der Waals surface area contributed by atoms with Crippen LogP contribution in [0.5, 0.6) is 0 Å². The molecule has 0 unspecified atom stereocenters. The van der Waals surface area contributed by atoms with Gasteiger partial charge in [-0.15, -0.1) is 5.10 Å². The predicted octanol–water partition coefficient (Wildman–Crippen LogP) is 2.35. The zero-order valence-corrected chi connectivity index (χ0v) is 12.0. The largest absolute Gasteiger partial charge is 0.352 e. The second kappa shape index (κ2) is 5.45. The molecule has 1 aromatic rings. The van der Waals surface area contributed by atoms with Gasteiger partial charge in [0, 0.05) is 25.2 Å². The van der Waals surface area contributed by atoms with Gasteiger partial charge in [0.25, 0.3) is 0 Å². The summed E-state index contributed by atoms with van der Waals surface area (Å²) in [5.74, 6) is 1.71. The van der Waals surface area contributed by atoms with Gasteiger partial charge in [-0.05, 0) is 43.7 Å². The summed E-state index contributed by atoms with van der Waals surface area (Å²) in [5.41, 5.74) is 1.05. The molecule has 3 rings (SSSR count). The maximum Gasteiger partial charge on any atom is 0.151 e. The minimum absolute atomic E-state index is 0.665. The fraction of sp³-hybridized carbons (Fsp3) is 0.733. The van der Waals surface area contributed by atoms with Gasteiger partial charge in [-0.2, -0.15) is 5.10 Å². The van der Waals surface area contributed by atoms with E-state index in [2.05, 4.69) is 46.4 Å². The SMILES string of the molecule is CC(C)CN(c1ccc(CNC2CC2)nn1)C1CC1. The van der Waals surface area contributed by atoms with E-state index < -0.39 is 0 Å². The molecule has 0 aliphatic heterocycles. The van der Waals surface area contributed by atoms with Crippen molar-refractivity contribution in [3.8, 4) is 0 Å². The fourth-order valence-corrected chi connectivity index (χ4v) is 2.35. The number of hydrogen-bond donors (Lipinski definition) is 1. The normalized spacial score (nSPS) is 18.9. The number of nitrogens with one attached hydrogen (secondary N) is 1. The molecule has 4 heteroatoms. The Morgan fingerprint density at radius 3 is 2.53 bits per heavy atom. The van der Waals surface area contributed by atoms with Gasteiger partial charge in [-0.1, -0.05) is 13.8 Å². The molecule has 0 spiro atoms. The summed E-state index contributed by atoms with van der Waals surface area (Å²) in [5, 5.41) is 12.3. The number of anilines is 1. The number of nitrogens with zero attached hydrogens (tertiary/aromatic N) is 3. The molecule has 2 saturated carbocycles. The maximum atomic E-state index is 4.43. The van der Waals surface area contributed by atoms with E-state index in [0.717, 1.165) is 30.6 Å². The molecule has 0 atom stereocenters. The van der Waals surface area contributed by atoms with E-state index in [0.29, 0.717) is 12.0 Å². The van der Waals surface area contributed by atoms with Gasteiger partial charge in [0.2, 0.25) is 0 Å². The molecule has 1 heterocycles. The van der Waals surface area contributed by atoms with Crippen molar-refractivity contribution in [1.29, 1.82) is 0 Å². The van der Waals surface area contributed by atoms with Crippen LogP contribution in [0.1, 0.15) is 45.2 Å². The number of aromatic nitrogens is 2. The molecule has 0 saturated heterocycles. The van der Waals surface area contributed by atoms with Crippen LogP contribution in [0.2, 0.25) is 0 Å². The Balaban J connectivity index is 1.61. The summed E-state index contributed by atoms with van der Waals surface area (Å²) < 4.78 is 0. The maximum absolute atomic E-state index is 4.43. The van der Waals surface area contributed by atoms with Crippen molar-refractivity contribution < 1.29 is 0 Å². The zero-order chi connectivity index (χ0) is 13.2. The summed E-state index contributed by atoms with van der Waals surface area (Å²) in [6, 6.07) is 5.68. The predicted molar refractivity (Wildman–Crippen MR) is 77.1 cm³/mol. The highest BCUT2D eigenvalue weighted by molar-refractivity contribution is 5.40. The third-order valence-electron chi connectivity index (χ3n) is 3.70. The highest BCUT2D eigenvalue weighted by Crippen LogP contribution is 2.31. The second-order valence-electron chi connectivity index (χ2n) is 6.32. The third kappa shape index (κ3) is 3.66. The van der Waals surface area contributed by atoms with Crippen molar-refractivity contribution in [1.82, 2.24) is 15.5 Å². The molecule has 2 fully saturated rings. The van der Waals surface area contributed by atoms with Crippen LogP contribution in [0.3, 0.4) is 0 Å². The average molecular weight is 260 g/mol. The molecular formula is C15H24N4. The Morgan fingerprint density at radius 1 is 1.21 bits per heavy atom. The van der Waals surface area contributed by atoms with Gasteiger partial charge < -0.3 is 10.2 Å². The summed E-state index contributed by atoms with van der Waals surface area (Å²) in [7, 11) is 0. The first kappa shape index (κ1) is 12.9. The van der Waals surface area contributed by atoms with E-state index in [4.69, 9.17) is 0 Å². The van der Waals surface area contributed by atoms with Crippen LogP contribution in [-0.4, -0.2) is 28.8 Å². The Kier molecular flexibility index (Phi) is 3.69. The van der Waals surface area contributed by atoms with E-state index >= 15 is 0 Å². The van der Waals surface area contributed by atoms with Gasteiger partial charge in [0.05, 0.1) is 5.69 Å². The van der Waals surface area contributed by atoms with E-state index in [9.17, 15) is 0 Å². The molecule has 19 heavy (non-hydrogen) atoms. The summed E-state index contributed by atoms with van der Waals surface area (Å²) >= 11 is 0. The Bertz CT molecular complexity index is 407. The van der Waals surface area contributed by atoms with Crippen LogP contribution in [0.25, 0.3) is 0 Å². The van der Waals surface area contributed by atoms with Crippen molar-refractivity contribution in [2.75, 3.05) is 11.4 Å². The second-order valence-corrected chi connectivity index (χ2v) is 6.32. The summed E-state index contributed by atoms with van der Waals surface area (Å²) in [6.45, 7) is 6.46. The first-order valence-corrected chi connectivity index (χ1v) is 7.55. The van der Waals surface area contributed by atoms with Gasteiger partial charge >= 0.3 is 0 Å². The molecule has 104 valence electrons. The van der Waals surface area contributed by atoms with Crippen LogP contribution in [0, 0.1) is 5.92 Å². The van der Waals surface area contributed by atoms with Gasteiger partial charge in [0.1, 0.15) is 0 Å². The molecular weight excluding hydrogens is 236 g/mol. The molecule has 0 radical (unpaired) electrons. The Hall–Kier alpha value is -1.16. The first-order valence-electron chi connectivity index (χ1n) is 7.55. The Morgan fingerprint density at radius 2 is 2.00 bits per heavy atom. The van der Waals surface area contributed by atoms with Gasteiger partial charge in [0.15, 0.2) is 5.82 Å². The van der Waals surface area contributed by atoms with Gasteiger partial charge in [-0.3, -0.25) is 0 Å². The van der Waals surface area contributed by atoms with Crippen LogP contribution in [0.15, 0.2) is 12.1 Å². The lowest BCUT2D eigenvalue weighted by atomic mass is 10.2. The highest BCUT2D eigenvalue weighted by Gasteiger charge is 2.30. The molecule has 1 aromatic heterocycles. The molecule has 1 N–H and O–H groups in total. The Labute approximate surface area is 115 Å². The van der Waals surface area contributed by atoms with Crippen LogP contribution >= 0.6 is 0 Å². The molecule has 0 bridgehead atoms. The smallest absolute Gasteiger partial charge is 0.151 e. The third-order valence-corrected chi connectivity index (χ3v) is 3.70. The minimum Gasteiger partial charge on any atom is -0.352 e. The van der Waals surface area contributed by atoms with Gasteiger partial charge in [-0.25, -0.2) is 0 Å². The standard InChI is InChI=1S/C15H24N4/c1-11(2)10-19(14-6-7-14)15-8-5-13(17-18-15)9-16-12-3-4-12/h5,8,11-12,14,16H,3-4,6-7,9-10H2,1-2H3. The van der Waals surface area contributed by atoms with Crippen LogP contribution in [-0.2, 0) is 6.54 Å². The first-order chi connectivity index (χ1) is 9.22. The lowest BCUT2D eigenvalue weighted by molar-refractivity contribution is 0.597. The van der Waals surface area contributed by atoms with E-state index in [-0.39, 0.29) is 0 Å². The van der Waals surface area contributed by atoms with E-state index in [1.807, 2.05) is 0 Å². The quantitative estimate of drug-likeness (QED) is 0.817. The van der Waals surface area contributed by atoms with Crippen LogP contribution in [0.4, 0.5) is 5.82 Å². The average Bonchev–Trinajstić information content (AvgIpc) is 3.28. The van der Waals surface area contributed by atoms with E-state index in [1.54, 1.807) is 0 Å². The number of rotatable bonds is 7. The van der Waals surface area contributed by atoms with Crippen molar-refractivity contribution >= 4 is 5.82 Å². The lowest BCUT2D eigenvalue weighted by Crippen LogP contribution is -2.31. The molecule has 2 aliphatic rings. The summed E-state index contributed by atoms with van der Waals surface area (Å²) in [4.78, 5) is 2.43.